The lowest BCUT2D eigenvalue weighted by Gasteiger charge is -2.28. The molecule has 4 rings (SSSR count). The molecule has 2 aromatic heterocycles. The van der Waals surface area contributed by atoms with Crippen LogP contribution in [0.5, 0.6) is 5.75 Å². The van der Waals surface area contributed by atoms with Crippen LogP contribution < -0.4 is 4.74 Å². The third kappa shape index (κ3) is 6.36. The van der Waals surface area contributed by atoms with E-state index in [0.29, 0.717) is 12.2 Å². The molecular weight excluding hydrogens is 460 g/mol. The highest BCUT2D eigenvalue weighted by molar-refractivity contribution is 5.72. The van der Waals surface area contributed by atoms with Gasteiger partial charge in [0.1, 0.15) is 12.4 Å². The molecular formula is C27H38N4O5. The average molecular weight is 499 g/mol. The van der Waals surface area contributed by atoms with Gasteiger partial charge in [0.2, 0.25) is 0 Å². The SMILES string of the molecule is CC(C)OC(=O)[C@H]1CCC[C@H](Oc2ccc(-c3cnn(C)c3COC(=O)N(C)C3CCCC3)nc2)C1. The molecule has 0 N–H and O–H groups in total. The number of pyridine rings is 1. The van der Waals surface area contributed by atoms with Crippen LogP contribution in [-0.2, 0) is 27.9 Å². The third-order valence-corrected chi connectivity index (χ3v) is 7.18. The Kier molecular flexibility index (Phi) is 8.48. The Hall–Kier alpha value is -3.10. The molecule has 2 atom stereocenters. The number of hydrogen-bond acceptors (Lipinski definition) is 7. The van der Waals surface area contributed by atoms with Gasteiger partial charge < -0.3 is 19.1 Å². The first-order valence-corrected chi connectivity index (χ1v) is 13.1. The quantitative estimate of drug-likeness (QED) is 0.479. The summed E-state index contributed by atoms with van der Waals surface area (Å²) < 4.78 is 18.9. The van der Waals surface area contributed by atoms with Gasteiger partial charge in [-0.1, -0.05) is 12.8 Å². The van der Waals surface area contributed by atoms with Gasteiger partial charge in [-0.15, -0.1) is 0 Å². The number of ether oxygens (including phenoxy) is 3. The van der Waals surface area contributed by atoms with Gasteiger partial charge >= 0.3 is 12.1 Å². The van der Waals surface area contributed by atoms with Crippen molar-refractivity contribution in [2.75, 3.05) is 7.05 Å². The lowest BCUT2D eigenvalue weighted by Crippen LogP contribution is -2.35. The van der Waals surface area contributed by atoms with Crippen molar-refractivity contribution in [2.24, 2.45) is 13.0 Å². The summed E-state index contributed by atoms with van der Waals surface area (Å²) in [6.07, 6.45) is 10.7. The fourth-order valence-corrected chi connectivity index (χ4v) is 5.12. The number of esters is 1. The van der Waals surface area contributed by atoms with Gasteiger partial charge in [0.15, 0.2) is 0 Å². The zero-order valence-corrected chi connectivity index (χ0v) is 21.8. The fraction of sp³-hybridized carbons (Fsp3) is 0.630. The number of nitrogens with zero attached hydrogens (tertiary/aromatic N) is 4. The highest BCUT2D eigenvalue weighted by Gasteiger charge is 2.30. The molecule has 2 aliphatic carbocycles. The van der Waals surface area contributed by atoms with E-state index in [1.807, 2.05) is 40.1 Å². The van der Waals surface area contributed by atoms with Crippen molar-refractivity contribution in [1.29, 1.82) is 0 Å². The molecule has 0 spiro atoms. The Morgan fingerprint density at radius 2 is 1.89 bits per heavy atom. The zero-order valence-electron chi connectivity index (χ0n) is 21.8. The van der Waals surface area contributed by atoms with Crippen LogP contribution in [0.25, 0.3) is 11.3 Å². The molecule has 0 saturated heterocycles. The van der Waals surface area contributed by atoms with Crippen LogP contribution in [0.4, 0.5) is 4.79 Å². The van der Waals surface area contributed by atoms with Crippen molar-refractivity contribution in [3.05, 3.63) is 30.2 Å². The first kappa shape index (κ1) is 26.0. The highest BCUT2D eigenvalue weighted by Crippen LogP contribution is 2.30. The zero-order chi connectivity index (χ0) is 25.7. The Morgan fingerprint density at radius 1 is 1.11 bits per heavy atom. The number of carbonyl (C=O) groups excluding carboxylic acids is 2. The maximum atomic E-state index is 12.5. The predicted octanol–water partition coefficient (Wildman–Crippen LogP) is 4.88. The molecule has 0 radical (unpaired) electrons. The summed E-state index contributed by atoms with van der Waals surface area (Å²) in [5.74, 6) is 0.412. The van der Waals surface area contributed by atoms with Gasteiger partial charge in [-0.05, 0) is 64.5 Å². The van der Waals surface area contributed by atoms with E-state index in [4.69, 9.17) is 14.2 Å². The van der Waals surface area contributed by atoms with Crippen molar-refractivity contribution >= 4 is 12.1 Å². The van der Waals surface area contributed by atoms with Crippen molar-refractivity contribution in [3.8, 4) is 17.0 Å². The Bertz CT molecular complexity index is 1030. The summed E-state index contributed by atoms with van der Waals surface area (Å²) in [7, 11) is 3.64. The number of aryl methyl sites for hydroxylation is 1. The summed E-state index contributed by atoms with van der Waals surface area (Å²) in [6, 6.07) is 4.03. The maximum absolute atomic E-state index is 12.5. The molecule has 2 heterocycles. The minimum atomic E-state index is -0.311. The van der Waals surface area contributed by atoms with Gasteiger partial charge in [-0.25, -0.2) is 4.79 Å². The van der Waals surface area contributed by atoms with E-state index in [-0.39, 0.29) is 42.8 Å². The first-order chi connectivity index (χ1) is 17.3. The van der Waals surface area contributed by atoms with Crippen LogP contribution in [-0.4, -0.2) is 57.0 Å². The van der Waals surface area contributed by atoms with Crippen molar-refractivity contribution in [2.45, 2.75) is 90.1 Å². The normalized spacial score (nSPS) is 20.4. The lowest BCUT2D eigenvalue weighted by molar-refractivity contribution is -0.154. The monoisotopic (exact) mass is 498 g/mol. The number of rotatable bonds is 8. The molecule has 2 aromatic rings. The van der Waals surface area contributed by atoms with Crippen LogP contribution in [0, 0.1) is 5.92 Å². The molecule has 0 aliphatic heterocycles. The summed E-state index contributed by atoms with van der Waals surface area (Å²) >= 11 is 0. The Labute approximate surface area is 213 Å². The molecule has 0 unspecified atom stereocenters. The van der Waals surface area contributed by atoms with Crippen molar-refractivity contribution < 1.29 is 23.8 Å². The van der Waals surface area contributed by atoms with Crippen molar-refractivity contribution in [3.63, 3.8) is 0 Å². The van der Waals surface area contributed by atoms with Crippen LogP contribution >= 0.6 is 0 Å². The molecule has 36 heavy (non-hydrogen) atoms. The van der Waals surface area contributed by atoms with E-state index in [2.05, 4.69) is 10.1 Å². The first-order valence-electron chi connectivity index (χ1n) is 13.1. The van der Waals surface area contributed by atoms with Gasteiger partial charge in [-0.3, -0.25) is 14.5 Å². The smallest absolute Gasteiger partial charge is 0.410 e. The van der Waals surface area contributed by atoms with Crippen LogP contribution in [0.2, 0.25) is 0 Å². The second-order valence-corrected chi connectivity index (χ2v) is 10.2. The number of amides is 1. The number of aromatic nitrogens is 3. The van der Waals surface area contributed by atoms with Crippen LogP contribution in [0.1, 0.15) is 70.9 Å². The van der Waals surface area contributed by atoms with E-state index < -0.39 is 0 Å². The van der Waals surface area contributed by atoms with Gasteiger partial charge in [0.25, 0.3) is 0 Å². The van der Waals surface area contributed by atoms with Gasteiger partial charge in [0.05, 0.1) is 41.9 Å². The molecule has 0 bridgehead atoms. The average Bonchev–Trinajstić information content (AvgIpc) is 3.52. The predicted molar refractivity (Wildman–Crippen MR) is 134 cm³/mol. The van der Waals surface area contributed by atoms with Gasteiger partial charge in [0, 0.05) is 25.7 Å². The lowest BCUT2D eigenvalue weighted by atomic mass is 9.87. The van der Waals surface area contributed by atoms with Crippen LogP contribution in [0.15, 0.2) is 24.5 Å². The van der Waals surface area contributed by atoms with E-state index in [0.717, 1.165) is 61.9 Å². The van der Waals surface area contributed by atoms with Crippen molar-refractivity contribution in [1.82, 2.24) is 19.7 Å². The summed E-state index contributed by atoms with van der Waals surface area (Å²) in [6.45, 7) is 3.86. The summed E-state index contributed by atoms with van der Waals surface area (Å²) in [5.41, 5.74) is 2.32. The molecule has 2 fully saturated rings. The minimum absolute atomic E-state index is 0.0404. The topological polar surface area (TPSA) is 95.8 Å². The highest BCUT2D eigenvalue weighted by atomic mass is 16.6. The number of carbonyl (C=O) groups is 2. The third-order valence-electron chi connectivity index (χ3n) is 7.18. The number of hydrogen-bond donors (Lipinski definition) is 0. The molecule has 2 saturated carbocycles. The second kappa shape index (κ2) is 11.8. The van der Waals surface area contributed by atoms with E-state index in [1.165, 1.54) is 0 Å². The van der Waals surface area contributed by atoms with Gasteiger partial charge in [-0.2, -0.15) is 5.10 Å². The summed E-state index contributed by atoms with van der Waals surface area (Å²) in [4.78, 5) is 31.2. The molecule has 0 aromatic carbocycles. The largest absolute Gasteiger partial charge is 0.489 e. The molecule has 9 nitrogen and oxygen atoms in total. The molecule has 196 valence electrons. The standard InChI is InChI=1S/C27H38N4O5/c1-18(2)35-26(32)19-8-7-11-21(14-19)36-22-12-13-24(28-15-22)23-16-29-31(4)25(23)17-34-27(33)30(3)20-9-5-6-10-20/h12-13,15-16,18-21H,5-11,14,17H2,1-4H3/t19-,21-/m0/s1. The second-order valence-electron chi connectivity index (χ2n) is 10.2. The molecule has 9 heteroatoms. The van der Waals surface area contributed by atoms with E-state index in [9.17, 15) is 9.59 Å². The Morgan fingerprint density at radius 3 is 2.58 bits per heavy atom. The maximum Gasteiger partial charge on any atom is 0.410 e. The van der Waals surface area contributed by atoms with Crippen LogP contribution in [0.3, 0.4) is 0 Å². The van der Waals surface area contributed by atoms with E-state index in [1.54, 1.807) is 22.0 Å². The Balaban J connectivity index is 1.35. The summed E-state index contributed by atoms with van der Waals surface area (Å²) in [5, 5.41) is 4.35. The molecule has 1 amide bonds. The van der Waals surface area contributed by atoms with E-state index >= 15 is 0 Å². The fourth-order valence-electron chi connectivity index (χ4n) is 5.12. The molecule has 2 aliphatic rings. The minimum Gasteiger partial charge on any atom is -0.489 e.